The molecule has 0 aromatic heterocycles. The van der Waals surface area contributed by atoms with Gasteiger partial charge in [-0.15, -0.1) is 56.9 Å². The molecule has 10 aromatic rings. The van der Waals surface area contributed by atoms with Crippen LogP contribution in [0.25, 0.3) is 43.8 Å². The molecule has 0 saturated heterocycles. The number of hydrogen-bond donors (Lipinski definition) is 0. The molecular weight excluding hydrogens is 979 g/mol. The van der Waals surface area contributed by atoms with Crippen LogP contribution in [0.15, 0.2) is 226 Å². The Kier molecular flexibility index (Phi) is 15.0. The fourth-order valence-corrected chi connectivity index (χ4v) is 10.9. The number of hydrogen-bond acceptors (Lipinski definition) is 4. The fraction of sp³-hybridized carbons (Fsp3) is 0.0690. The molecular formula is C58H46Cl2N2S2SiZr-2. The van der Waals surface area contributed by atoms with Crippen molar-refractivity contribution in [2.45, 2.75) is 46.5 Å². The van der Waals surface area contributed by atoms with E-state index in [1.165, 1.54) is 109 Å². The van der Waals surface area contributed by atoms with Crippen molar-refractivity contribution in [2.75, 3.05) is 9.80 Å². The monoisotopic (exact) mass is 1020 g/mol. The Morgan fingerprint density at radius 3 is 0.985 bits per heavy atom. The minimum Gasteiger partial charge on any atom is -1.00 e. The predicted octanol–water partition coefficient (Wildman–Crippen LogP) is 11.7. The Morgan fingerprint density at radius 1 is 0.379 bits per heavy atom. The fourth-order valence-electron chi connectivity index (χ4n) is 8.80. The molecule has 0 saturated carbocycles. The zero-order chi connectivity index (χ0) is 43.7. The first-order chi connectivity index (χ1) is 31.3. The Balaban J connectivity index is 0.000000162. The summed E-state index contributed by atoms with van der Waals surface area (Å²) in [5.74, 6) is 0. The third kappa shape index (κ3) is 9.69. The molecule has 10 aromatic carbocycles. The van der Waals surface area contributed by atoms with Gasteiger partial charge in [-0.05, 0) is 71.8 Å². The quantitative estimate of drug-likeness (QED) is 0.128. The van der Waals surface area contributed by atoms with Crippen molar-refractivity contribution in [2.24, 2.45) is 0 Å². The van der Waals surface area contributed by atoms with E-state index in [1.54, 1.807) is 23.3 Å². The van der Waals surface area contributed by atoms with E-state index in [2.05, 4.69) is 243 Å². The summed E-state index contributed by atoms with van der Waals surface area (Å²) in [5.41, 5.74) is 15.2. The van der Waals surface area contributed by atoms with Gasteiger partial charge in [-0.1, -0.05) is 158 Å². The van der Waals surface area contributed by atoms with Gasteiger partial charge in [0.1, 0.15) is 0 Å². The molecule has 0 N–H and O–H groups in total. The molecule has 0 unspecified atom stereocenters. The summed E-state index contributed by atoms with van der Waals surface area (Å²) in [6, 6.07) is 74.7. The molecule has 2 aliphatic rings. The van der Waals surface area contributed by atoms with Crippen molar-refractivity contribution >= 4 is 84.6 Å². The van der Waals surface area contributed by atoms with Gasteiger partial charge >= 0.3 is 41.9 Å². The normalized spacial score (nSPS) is 11.9. The molecule has 324 valence electrons. The molecule has 12 rings (SSSR count). The summed E-state index contributed by atoms with van der Waals surface area (Å²) in [7, 11) is 0. The van der Waals surface area contributed by atoms with Crippen LogP contribution in [0.3, 0.4) is 0 Å². The van der Waals surface area contributed by atoms with Gasteiger partial charge < -0.3 is 34.6 Å². The van der Waals surface area contributed by atoms with Crippen molar-refractivity contribution in [1.29, 1.82) is 0 Å². The molecule has 0 amide bonds. The van der Waals surface area contributed by atoms with E-state index in [1.807, 2.05) is 23.5 Å². The van der Waals surface area contributed by atoms with Crippen LogP contribution in [0.1, 0.15) is 11.1 Å². The number of para-hydroxylation sites is 4. The number of benzene rings is 8. The SMILES string of the molecule is C[Si](C)=[Zr+2].Cc1cc2c(N3c4ccccc4Sc4ccccc43)cc(-c3ccccc3)cc2[cH-]1.Cc1cc2c(N3c4ccccc4Sc4ccccc43)cc(-c3ccccc3)cc2[cH-]1.[Cl-].[Cl-]. The second kappa shape index (κ2) is 20.9. The van der Waals surface area contributed by atoms with Gasteiger partial charge in [0.25, 0.3) is 0 Å². The van der Waals surface area contributed by atoms with Crippen LogP contribution in [-0.2, 0) is 23.3 Å². The Morgan fingerprint density at radius 2 is 0.667 bits per heavy atom. The van der Waals surface area contributed by atoms with E-state index < -0.39 is 0 Å². The van der Waals surface area contributed by atoms with Crippen molar-refractivity contribution in [3.05, 3.63) is 217 Å². The van der Waals surface area contributed by atoms with Crippen LogP contribution < -0.4 is 34.6 Å². The molecule has 2 nitrogen and oxygen atoms in total. The van der Waals surface area contributed by atoms with Crippen molar-refractivity contribution in [3.63, 3.8) is 0 Å². The first-order valence-electron chi connectivity index (χ1n) is 21.7. The molecule has 66 heavy (non-hydrogen) atoms. The summed E-state index contributed by atoms with van der Waals surface area (Å²) in [6.07, 6.45) is 0. The van der Waals surface area contributed by atoms with E-state index in [0.717, 1.165) is 0 Å². The molecule has 0 aliphatic carbocycles. The van der Waals surface area contributed by atoms with Crippen LogP contribution in [-0.4, -0.2) is 5.43 Å². The van der Waals surface area contributed by atoms with Gasteiger partial charge in [0.05, 0.1) is 22.7 Å². The van der Waals surface area contributed by atoms with Crippen LogP contribution in [0.5, 0.6) is 0 Å². The predicted molar refractivity (Wildman–Crippen MR) is 275 cm³/mol. The van der Waals surface area contributed by atoms with Gasteiger partial charge in [0.2, 0.25) is 0 Å². The third-order valence-electron chi connectivity index (χ3n) is 11.5. The van der Waals surface area contributed by atoms with Crippen LogP contribution >= 0.6 is 23.5 Å². The number of rotatable bonds is 4. The topological polar surface area (TPSA) is 6.48 Å². The maximum Gasteiger partial charge on any atom is 0.0592 e. The summed E-state index contributed by atoms with van der Waals surface area (Å²) in [5, 5.41) is 5.17. The van der Waals surface area contributed by atoms with Gasteiger partial charge in [-0.2, -0.15) is 12.1 Å². The largest absolute Gasteiger partial charge is 1.00 e. The molecule has 0 atom stereocenters. The summed E-state index contributed by atoms with van der Waals surface area (Å²) < 4.78 is 0. The summed E-state index contributed by atoms with van der Waals surface area (Å²) in [6.45, 7) is 8.98. The molecule has 0 bridgehead atoms. The first kappa shape index (κ1) is 47.5. The maximum atomic E-state index is 2.44. The average molecular weight is 1030 g/mol. The van der Waals surface area contributed by atoms with Crippen molar-refractivity contribution < 1.29 is 48.1 Å². The number of aryl methyl sites for hydroxylation is 2. The summed E-state index contributed by atoms with van der Waals surface area (Å²) in [4.78, 5) is 10.0. The van der Waals surface area contributed by atoms with Crippen molar-refractivity contribution in [1.82, 2.24) is 0 Å². The summed E-state index contributed by atoms with van der Waals surface area (Å²) >= 11 is 5.44. The smallest absolute Gasteiger partial charge is 0.0592 e. The van der Waals surface area contributed by atoms with Gasteiger partial charge in [0, 0.05) is 31.0 Å². The molecule has 0 radical (unpaired) electrons. The maximum absolute atomic E-state index is 2.44. The number of fused-ring (bicyclic) bond motifs is 6. The minimum atomic E-state index is 0. The second-order valence-electron chi connectivity index (χ2n) is 16.5. The van der Waals surface area contributed by atoms with Crippen LogP contribution in [0.4, 0.5) is 34.1 Å². The molecule has 0 fully saturated rings. The Hall–Kier alpha value is -5.04. The second-order valence-corrected chi connectivity index (χ2v) is 28.1. The Bertz CT molecular complexity index is 3020. The van der Waals surface area contributed by atoms with Crippen molar-refractivity contribution in [3.8, 4) is 22.3 Å². The first-order valence-corrected chi connectivity index (χ1v) is 29.5. The number of anilines is 6. The average Bonchev–Trinajstić information content (AvgIpc) is 3.90. The van der Waals surface area contributed by atoms with E-state index in [9.17, 15) is 0 Å². The molecule has 2 heterocycles. The van der Waals surface area contributed by atoms with Gasteiger partial charge in [-0.25, -0.2) is 0 Å². The van der Waals surface area contributed by atoms with Gasteiger partial charge in [0.15, 0.2) is 0 Å². The van der Waals surface area contributed by atoms with Crippen LogP contribution in [0, 0.1) is 13.8 Å². The third-order valence-corrected chi connectivity index (χ3v) is 13.7. The minimum absolute atomic E-state index is 0. The Labute approximate surface area is 425 Å². The van der Waals surface area contributed by atoms with E-state index in [0.29, 0.717) is 0 Å². The van der Waals surface area contributed by atoms with Gasteiger partial charge in [-0.3, -0.25) is 0 Å². The molecule has 2 aliphatic heterocycles. The van der Waals surface area contributed by atoms with E-state index in [4.69, 9.17) is 0 Å². The van der Waals surface area contributed by atoms with Crippen LogP contribution in [0.2, 0.25) is 13.1 Å². The number of nitrogens with zero attached hydrogens (tertiary/aromatic N) is 2. The zero-order valence-corrected chi connectivity index (χ0v) is 43.7. The standard InChI is InChI=1S/2C28H20NS.C2H6Si.2ClH.Zr/c2*1-19-15-22-17-21(20-9-3-2-4-10-20)18-26(23(22)16-19)29-24-11-5-7-13-27(24)30-28-14-8-6-12-25(28)29;1-3-2;;;/h2*2-18H,1H3;1-2H3;2*1H;/q2*-1;;;;+2/p-2. The zero-order valence-electron chi connectivity index (χ0n) is 37.1. The molecule has 8 heteroatoms. The van der Waals surface area contributed by atoms with E-state index >= 15 is 0 Å². The number of halogens is 2. The molecule has 0 spiro atoms. The van der Waals surface area contributed by atoms with E-state index in [-0.39, 0.29) is 30.2 Å².